The number of aromatic nitrogens is 1. The number of nitrogens with zero attached hydrogens (tertiary/aromatic N) is 2. The Balaban J connectivity index is 1.17. The summed E-state index contributed by atoms with van der Waals surface area (Å²) >= 11 is 0. The van der Waals surface area contributed by atoms with Gasteiger partial charge in [-0.15, -0.1) is 4.57 Å². The van der Waals surface area contributed by atoms with E-state index in [1.54, 1.807) is 0 Å². The summed E-state index contributed by atoms with van der Waals surface area (Å²) < 4.78 is 8.41. The van der Waals surface area contributed by atoms with Crippen molar-refractivity contribution in [3.05, 3.63) is 30.1 Å². The molecule has 260 valence electrons. The predicted octanol–water partition coefficient (Wildman–Crippen LogP) is 2.19. The summed E-state index contributed by atoms with van der Waals surface area (Å²) in [6.07, 6.45) is 10.7. The normalized spacial score (nSPS) is 19.1. The smallest absolute Gasteiger partial charge is 0.448 e. The zero-order valence-corrected chi connectivity index (χ0v) is 26.9. The lowest BCUT2D eigenvalue weighted by atomic mass is 10.1. The largest absolute Gasteiger partial charge is 0.481 e. The molecule has 0 radical (unpaired) electrons. The van der Waals surface area contributed by atoms with Gasteiger partial charge in [0.2, 0.25) is 11.6 Å². The number of carbonyl (C=O) groups excluding carboxylic acids is 3. The lowest BCUT2D eigenvalue weighted by molar-refractivity contribution is -1.06. The first-order valence-corrected chi connectivity index (χ1v) is 16.6. The second-order valence-corrected chi connectivity index (χ2v) is 12.4. The molecule has 0 aliphatic carbocycles. The third-order valence-electron chi connectivity index (χ3n) is 8.70. The van der Waals surface area contributed by atoms with Crippen LogP contribution in [0, 0.1) is 0 Å². The molecular formula is C32H49N5O10+2. The van der Waals surface area contributed by atoms with Gasteiger partial charge in [-0.1, -0.05) is 32.1 Å². The molecule has 3 rings (SSSR count). The molecule has 6 N–H and O–H groups in total. The van der Waals surface area contributed by atoms with E-state index in [9.17, 15) is 33.9 Å². The Labute approximate surface area is 274 Å². The van der Waals surface area contributed by atoms with Crippen molar-refractivity contribution in [2.75, 3.05) is 19.6 Å². The molecule has 47 heavy (non-hydrogen) atoms. The Morgan fingerprint density at radius 3 is 2.11 bits per heavy atom. The summed E-state index contributed by atoms with van der Waals surface area (Å²) in [7, 11) is 0. The Hall–Kier alpha value is -4.27. The van der Waals surface area contributed by atoms with Crippen LogP contribution in [0.4, 0.5) is 4.79 Å². The quantitative estimate of drug-likeness (QED) is 0.0435. The van der Waals surface area contributed by atoms with Gasteiger partial charge >= 0.3 is 36.3 Å². The third-order valence-corrected chi connectivity index (χ3v) is 8.70. The number of unbranched alkanes of at least 4 members (excludes halogenated alkanes) is 8. The van der Waals surface area contributed by atoms with Crippen LogP contribution >= 0.6 is 0 Å². The van der Waals surface area contributed by atoms with Gasteiger partial charge < -0.3 is 36.0 Å². The standard InChI is InChI=1S/C32H47N5O10/c38-26(33-18-10-8-14-24(29(42)43)34-31(46)35-25(30(44)45)16-17-27(39)40)15-7-5-3-1-2-4-6-12-20-37-21-23-13-9-11-19-36(23)32(37)47-28(41)22-37/h9,11,13,19,24-25,32H,1-8,10,12,14-18,20-22H2,(H4-2,33,34,35,38,39,40,42,43,44,45,46)/p+2. The van der Waals surface area contributed by atoms with Gasteiger partial charge in [-0.2, -0.15) is 0 Å². The number of pyridine rings is 1. The van der Waals surface area contributed by atoms with E-state index in [1.807, 2.05) is 18.3 Å². The van der Waals surface area contributed by atoms with Crippen molar-refractivity contribution in [1.29, 1.82) is 0 Å². The van der Waals surface area contributed by atoms with E-state index in [2.05, 4.69) is 26.6 Å². The maximum Gasteiger partial charge on any atom is 0.448 e. The highest BCUT2D eigenvalue weighted by atomic mass is 16.6. The number of carbonyl (C=O) groups is 6. The minimum absolute atomic E-state index is 0.0595. The number of urea groups is 1. The Morgan fingerprint density at radius 1 is 0.809 bits per heavy atom. The molecule has 0 bridgehead atoms. The number of ether oxygens (including phenoxy) is 1. The molecule has 1 saturated heterocycles. The van der Waals surface area contributed by atoms with Crippen LogP contribution in [0.25, 0.3) is 0 Å². The number of fused-ring (bicyclic) bond motifs is 3. The number of rotatable bonds is 23. The molecule has 2 aliphatic rings. The number of hydrogen-bond acceptors (Lipinski definition) is 7. The van der Waals surface area contributed by atoms with Crippen molar-refractivity contribution in [3.8, 4) is 0 Å². The Bertz CT molecular complexity index is 1260. The van der Waals surface area contributed by atoms with Crippen LogP contribution in [0.5, 0.6) is 0 Å². The van der Waals surface area contributed by atoms with Gasteiger partial charge in [-0.05, 0) is 51.0 Å². The molecule has 0 aromatic carbocycles. The fourth-order valence-electron chi connectivity index (χ4n) is 6.19. The van der Waals surface area contributed by atoms with E-state index in [1.165, 1.54) is 5.69 Å². The van der Waals surface area contributed by atoms with Gasteiger partial charge in [0.05, 0.1) is 6.54 Å². The van der Waals surface area contributed by atoms with Crippen LogP contribution in [0.1, 0.15) is 102 Å². The summed E-state index contributed by atoms with van der Waals surface area (Å²) in [5.41, 5.74) is 1.20. The number of amides is 3. The number of hydrogen-bond donors (Lipinski definition) is 6. The molecule has 2 aliphatic heterocycles. The summed E-state index contributed by atoms with van der Waals surface area (Å²) in [4.78, 5) is 69.7. The van der Waals surface area contributed by atoms with Crippen molar-refractivity contribution in [2.45, 2.75) is 115 Å². The Morgan fingerprint density at radius 2 is 1.45 bits per heavy atom. The van der Waals surface area contributed by atoms with E-state index < -0.39 is 42.4 Å². The molecule has 4 atom stereocenters. The average Bonchev–Trinajstić information content (AvgIpc) is 3.49. The summed E-state index contributed by atoms with van der Waals surface area (Å²) in [6.45, 7) is 2.55. The first-order chi connectivity index (χ1) is 22.5. The maximum atomic E-state index is 12.1. The van der Waals surface area contributed by atoms with E-state index in [0.29, 0.717) is 36.8 Å². The molecule has 0 spiro atoms. The van der Waals surface area contributed by atoms with Crippen molar-refractivity contribution in [1.82, 2.24) is 16.0 Å². The van der Waals surface area contributed by atoms with Gasteiger partial charge in [-0.25, -0.2) is 23.7 Å². The number of aliphatic carboxylic acids is 3. The SMILES string of the molecule is O=C(O)CCC(NC(=O)NC(CCCCNC(=O)CCCCCCCCCC[N+]12CC(=O)OC1[n+]1ccccc1C2)C(=O)O)C(=O)O. The molecule has 4 unspecified atom stereocenters. The maximum absolute atomic E-state index is 12.1. The first kappa shape index (κ1) is 37.2. The molecule has 1 aromatic rings. The van der Waals surface area contributed by atoms with Crippen LogP contribution in [-0.4, -0.2) is 87.3 Å². The van der Waals surface area contributed by atoms with Crippen molar-refractivity contribution in [2.24, 2.45) is 0 Å². The second-order valence-electron chi connectivity index (χ2n) is 12.4. The predicted molar refractivity (Wildman–Crippen MR) is 165 cm³/mol. The molecule has 0 saturated carbocycles. The van der Waals surface area contributed by atoms with Crippen LogP contribution < -0.4 is 20.5 Å². The number of carboxylic acids is 3. The van der Waals surface area contributed by atoms with Gasteiger partial charge in [0, 0.05) is 31.5 Å². The van der Waals surface area contributed by atoms with Crippen LogP contribution in [0.2, 0.25) is 0 Å². The zero-order chi connectivity index (χ0) is 34.2. The minimum Gasteiger partial charge on any atom is -0.481 e. The van der Waals surface area contributed by atoms with Crippen LogP contribution in [0.15, 0.2) is 24.4 Å². The van der Waals surface area contributed by atoms with Gasteiger partial charge in [0.25, 0.3) is 0 Å². The average molecular weight is 664 g/mol. The van der Waals surface area contributed by atoms with Crippen molar-refractivity contribution in [3.63, 3.8) is 0 Å². The molecule has 3 amide bonds. The molecule has 15 nitrogen and oxygen atoms in total. The van der Waals surface area contributed by atoms with Crippen LogP contribution in [-0.2, 0) is 35.3 Å². The first-order valence-electron chi connectivity index (χ1n) is 16.6. The lowest BCUT2D eigenvalue weighted by Crippen LogP contribution is -2.51. The summed E-state index contributed by atoms with van der Waals surface area (Å²) in [6, 6.07) is 2.35. The van der Waals surface area contributed by atoms with Gasteiger partial charge in [0.1, 0.15) is 12.1 Å². The molecular weight excluding hydrogens is 614 g/mol. The van der Waals surface area contributed by atoms with E-state index >= 15 is 0 Å². The summed E-state index contributed by atoms with van der Waals surface area (Å²) in [5.74, 6) is -4.11. The molecule has 15 heteroatoms. The van der Waals surface area contributed by atoms with E-state index in [4.69, 9.17) is 14.9 Å². The van der Waals surface area contributed by atoms with Gasteiger partial charge in [0.15, 0.2) is 19.3 Å². The number of quaternary nitrogens is 1. The number of nitrogens with one attached hydrogen (secondary N) is 3. The monoisotopic (exact) mass is 663 g/mol. The summed E-state index contributed by atoms with van der Waals surface area (Å²) in [5, 5.41) is 34.3. The molecule has 1 aromatic heterocycles. The van der Waals surface area contributed by atoms with Gasteiger partial charge in [-0.3, -0.25) is 9.59 Å². The second kappa shape index (κ2) is 18.8. The fraction of sp³-hybridized carbons (Fsp3) is 0.656. The van der Waals surface area contributed by atoms with Crippen molar-refractivity contribution >= 4 is 35.8 Å². The highest BCUT2D eigenvalue weighted by molar-refractivity contribution is 5.86. The third kappa shape index (κ3) is 12.1. The topological polar surface area (TPSA) is 212 Å². The van der Waals surface area contributed by atoms with Crippen molar-refractivity contribution < 1.29 is 57.9 Å². The van der Waals surface area contributed by atoms with E-state index in [0.717, 1.165) is 64.5 Å². The highest BCUT2D eigenvalue weighted by Crippen LogP contribution is 2.35. The fourth-order valence-corrected chi connectivity index (χ4v) is 6.19. The zero-order valence-electron chi connectivity index (χ0n) is 26.9. The highest BCUT2D eigenvalue weighted by Gasteiger charge is 2.60. The van der Waals surface area contributed by atoms with Crippen LogP contribution in [0.3, 0.4) is 0 Å². The van der Waals surface area contributed by atoms with E-state index in [-0.39, 0.29) is 31.1 Å². The number of esters is 1. The Kier molecular flexibility index (Phi) is 14.9. The number of carboxylic acid groups (broad SMARTS) is 3. The minimum atomic E-state index is -1.46. The molecule has 1 fully saturated rings. The lowest BCUT2D eigenvalue weighted by Gasteiger charge is -2.25. The molecule has 3 heterocycles.